The highest BCUT2D eigenvalue weighted by atomic mass is 16.5. The molecule has 2 atom stereocenters. The lowest BCUT2D eigenvalue weighted by Gasteiger charge is -2.21. The lowest BCUT2D eigenvalue weighted by molar-refractivity contribution is -0.123. The van der Waals surface area contributed by atoms with Crippen LogP contribution in [0, 0.1) is 11.8 Å². The maximum Gasteiger partial charge on any atom is 0.258 e. The van der Waals surface area contributed by atoms with Crippen molar-refractivity contribution in [2.24, 2.45) is 11.8 Å². The largest absolute Gasteiger partial charge is 0.493 e. The summed E-state index contributed by atoms with van der Waals surface area (Å²) in [6, 6.07) is 5.20. The monoisotopic (exact) mass is 389 g/mol. The Morgan fingerprint density at radius 1 is 1.18 bits per heavy atom. The van der Waals surface area contributed by atoms with Gasteiger partial charge in [0.2, 0.25) is 0 Å². The van der Waals surface area contributed by atoms with Crippen molar-refractivity contribution in [2.75, 3.05) is 39.9 Å². The molecule has 0 radical (unpaired) electrons. The SMILES string of the molecule is COc1cc(C(=O)N2CC[C@@H]3CNC[C@@H]3CC2)ccc1OCC(=O)NC(C)C. The van der Waals surface area contributed by atoms with E-state index in [0.29, 0.717) is 28.9 Å². The van der Waals surface area contributed by atoms with Crippen molar-refractivity contribution < 1.29 is 19.1 Å². The average molecular weight is 389 g/mol. The highest BCUT2D eigenvalue weighted by molar-refractivity contribution is 5.95. The van der Waals surface area contributed by atoms with Crippen molar-refractivity contribution in [1.82, 2.24) is 15.5 Å². The normalized spacial score (nSPS) is 21.8. The van der Waals surface area contributed by atoms with Crippen LogP contribution in [-0.2, 0) is 4.79 Å². The molecule has 3 rings (SSSR count). The zero-order chi connectivity index (χ0) is 20.1. The number of methoxy groups -OCH3 is 1. The van der Waals surface area contributed by atoms with Gasteiger partial charge in [0, 0.05) is 24.7 Å². The molecule has 1 aromatic carbocycles. The van der Waals surface area contributed by atoms with Crippen LogP contribution in [0.25, 0.3) is 0 Å². The minimum absolute atomic E-state index is 0.0235. The fourth-order valence-electron chi connectivity index (χ4n) is 4.03. The topological polar surface area (TPSA) is 79.9 Å². The second-order valence-corrected chi connectivity index (χ2v) is 7.92. The second kappa shape index (κ2) is 9.28. The Morgan fingerprint density at radius 3 is 2.46 bits per heavy atom. The predicted octanol–water partition coefficient (Wildman–Crippen LogP) is 1.67. The molecule has 2 aliphatic heterocycles. The zero-order valence-electron chi connectivity index (χ0n) is 17.0. The molecule has 0 unspecified atom stereocenters. The second-order valence-electron chi connectivity index (χ2n) is 7.92. The summed E-state index contributed by atoms with van der Waals surface area (Å²) >= 11 is 0. The van der Waals surface area contributed by atoms with Gasteiger partial charge in [-0.1, -0.05) is 0 Å². The van der Waals surface area contributed by atoms with Gasteiger partial charge in [0.15, 0.2) is 18.1 Å². The first-order chi connectivity index (χ1) is 13.5. The third-order valence-corrected chi connectivity index (χ3v) is 5.53. The van der Waals surface area contributed by atoms with Crippen LogP contribution < -0.4 is 20.1 Å². The molecule has 2 amide bonds. The average Bonchev–Trinajstić information content (AvgIpc) is 3.03. The molecule has 2 heterocycles. The van der Waals surface area contributed by atoms with Crippen molar-refractivity contribution >= 4 is 11.8 Å². The predicted molar refractivity (Wildman–Crippen MR) is 107 cm³/mol. The van der Waals surface area contributed by atoms with E-state index in [0.717, 1.165) is 39.0 Å². The molecule has 2 aliphatic rings. The Balaban J connectivity index is 1.63. The standard InChI is InChI=1S/C21H31N3O4/c1-14(2)23-20(25)13-28-18-5-4-15(10-19(18)27-3)21(26)24-8-6-16-11-22-12-17(16)7-9-24/h4-5,10,14,16-17,22H,6-9,11-13H2,1-3H3,(H,23,25)/t16-,17+. The summed E-state index contributed by atoms with van der Waals surface area (Å²) in [4.78, 5) is 26.7. The number of amides is 2. The molecule has 154 valence electrons. The number of fused-ring (bicyclic) bond motifs is 1. The lowest BCUT2D eigenvalue weighted by atomic mass is 9.92. The van der Waals surface area contributed by atoms with Crippen LogP contribution in [-0.4, -0.2) is 62.7 Å². The van der Waals surface area contributed by atoms with Crippen LogP contribution in [0.4, 0.5) is 0 Å². The molecule has 1 aromatic rings. The van der Waals surface area contributed by atoms with Crippen molar-refractivity contribution in [1.29, 1.82) is 0 Å². The summed E-state index contributed by atoms with van der Waals surface area (Å²) in [6.45, 7) is 7.41. The Bertz CT molecular complexity index is 693. The number of nitrogens with zero attached hydrogens (tertiary/aromatic N) is 1. The van der Waals surface area contributed by atoms with E-state index in [2.05, 4.69) is 10.6 Å². The number of hydrogen-bond acceptors (Lipinski definition) is 5. The fourth-order valence-corrected chi connectivity index (χ4v) is 4.03. The van der Waals surface area contributed by atoms with Crippen LogP contribution in [0.1, 0.15) is 37.0 Å². The lowest BCUT2D eigenvalue weighted by Crippen LogP contribution is -2.34. The van der Waals surface area contributed by atoms with E-state index in [-0.39, 0.29) is 24.5 Å². The fraction of sp³-hybridized carbons (Fsp3) is 0.619. The molecule has 7 heteroatoms. The molecule has 28 heavy (non-hydrogen) atoms. The van der Waals surface area contributed by atoms with E-state index in [1.54, 1.807) is 18.2 Å². The summed E-state index contributed by atoms with van der Waals surface area (Å²) in [5.74, 6) is 2.10. The van der Waals surface area contributed by atoms with Gasteiger partial charge in [0.05, 0.1) is 7.11 Å². The van der Waals surface area contributed by atoms with E-state index in [9.17, 15) is 9.59 Å². The minimum atomic E-state index is -0.193. The van der Waals surface area contributed by atoms with Crippen LogP contribution >= 0.6 is 0 Å². The van der Waals surface area contributed by atoms with Gasteiger partial charge in [-0.25, -0.2) is 0 Å². The number of likely N-dealkylation sites (tertiary alicyclic amines) is 1. The molecular formula is C21H31N3O4. The smallest absolute Gasteiger partial charge is 0.258 e. The number of benzene rings is 1. The van der Waals surface area contributed by atoms with E-state index in [1.165, 1.54) is 7.11 Å². The maximum absolute atomic E-state index is 13.0. The van der Waals surface area contributed by atoms with Crippen molar-refractivity contribution in [3.05, 3.63) is 23.8 Å². The van der Waals surface area contributed by atoms with Crippen LogP contribution in [0.15, 0.2) is 18.2 Å². The number of nitrogens with one attached hydrogen (secondary N) is 2. The molecule has 0 bridgehead atoms. The molecule has 0 spiro atoms. The van der Waals surface area contributed by atoms with Gasteiger partial charge >= 0.3 is 0 Å². The Hall–Kier alpha value is -2.28. The zero-order valence-corrected chi connectivity index (χ0v) is 17.0. The van der Waals surface area contributed by atoms with Gasteiger partial charge < -0.3 is 25.0 Å². The first kappa shape index (κ1) is 20.5. The third-order valence-electron chi connectivity index (χ3n) is 5.53. The first-order valence-corrected chi connectivity index (χ1v) is 10.1. The summed E-state index contributed by atoms with van der Waals surface area (Å²) in [5.41, 5.74) is 0.584. The van der Waals surface area contributed by atoms with Crippen molar-refractivity contribution in [3.8, 4) is 11.5 Å². The number of hydrogen-bond donors (Lipinski definition) is 2. The summed E-state index contributed by atoms with van der Waals surface area (Å²) in [7, 11) is 1.53. The first-order valence-electron chi connectivity index (χ1n) is 10.1. The summed E-state index contributed by atoms with van der Waals surface area (Å²) in [5, 5.41) is 6.23. The van der Waals surface area contributed by atoms with E-state index >= 15 is 0 Å². The van der Waals surface area contributed by atoms with Gasteiger partial charge in [-0.3, -0.25) is 9.59 Å². The molecule has 0 aromatic heterocycles. The van der Waals surface area contributed by atoms with E-state index < -0.39 is 0 Å². The number of rotatable bonds is 6. The van der Waals surface area contributed by atoms with Crippen LogP contribution in [0.2, 0.25) is 0 Å². The quantitative estimate of drug-likeness (QED) is 0.774. The Morgan fingerprint density at radius 2 is 1.86 bits per heavy atom. The van der Waals surface area contributed by atoms with Gasteiger partial charge in [0.1, 0.15) is 0 Å². The van der Waals surface area contributed by atoms with E-state index in [4.69, 9.17) is 9.47 Å². The van der Waals surface area contributed by atoms with E-state index in [1.807, 2.05) is 18.7 Å². The van der Waals surface area contributed by atoms with Crippen molar-refractivity contribution in [3.63, 3.8) is 0 Å². The summed E-state index contributed by atoms with van der Waals surface area (Å²) < 4.78 is 11.0. The van der Waals surface area contributed by atoms with Gasteiger partial charge in [-0.15, -0.1) is 0 Å². The number of carbonyl (C=O) groups is 2. The van der Waals surface area contributed by atoms with Gasteiger partial charge in [-0.2, -0.15) is 0 Å². The van der Waals surface area contributed by atoms with Crippen LogP contribution in [0.3, 0.4) is 0 Å². The molecule has 2 saturated heterocycles. The Kier molecular flexibility index (Phi) is 6.78. The van der Waals surface area contributed by atoms with Gasteiger partial charge in [-0.05, 0) is 69.8 Å². The highest BCUT2D eigenvalue weighted by Crippen LogP contribution is 2.30. The highest BCUT2D eigenvalue weighted by Gasteiger charge is 2.31. The van der Waals surface area contributed by atoms with Crippen molar-refractivity contribution in [2.45, 2.75) is 32.7 Å². The maximum atomic E-state index is 13.0. The molecular weight excluding hydrogens is 358 g/mol. The number of carbonyl (C=O) groups excluding carboxylic acids is 2. The number of ether oxygens (including phenoxy) is 2. The van der Waals surface area contributed by atoms with Crippen LogP contribution in [0.5, 0.6) is 11.5 Å². The minimum Gasteiger partial charge on any atom is -0.493 e. The van der Waals surface area contributed by atoms with Gasteiger partial charge in [0.25, 0.3) is 11.8 Å². The third kappa shape index (κ3) is 4.95. The molecule has 2 fully saturated rings. The molecule has 7 nitrogen and oxygen atoms in total. The Labute approximate surface area is 166 Å². The molecule has 0 saturated carbocycles. The molecule has 0 aliphatic carbocycles. The molecule has 2 N–H and O–H groups in total. The summed E-state index contributed by atoms with van der Waals surface area (Å²) in [6.07, 6.45) is 2.10.